The fourth-order valence-corrected chi connectivity index (χ4v) is 5.01. The van der Waals surface area contributed by atoms with Crippen LogP contribution in [0.25, 0.3) is 11.0 Å². The van der Waals surface area contributed by atoms with Gasteiger partial charge < -0.3 is 30.0 Å². The van der Waals surface area contributed by atoms with E-state index < -0.39 is 76.0 Å². The number of carbonyl (C=O) groups excluding carboxylic acids is 2. The van der Waals surface area contributed by atoms with Gasteiger partial charge in [0.25, 0.3) is 0 Å². The summed E-state index contributed by atoms with van der Waals surface area (Å²) in [5.74, 6) is -4.14. The first-order valence-corrected chi connectivity index (χ1v) is 16.1. The molecule has 3 aromatic rings. The molecule has 0 saturated carbocycles. The maximum Gasteiger partial charge on any atom is 0.490 e. The number of fused-ring (bicyclic) bond motifs is 1. The first-order chi connectivity index (χ1) is 23.5. The van der Waals surface area contributed by atoms with E-state index in [2.05, 4.69) is 15.3 Å². The second-order valence-corrected chi connectivity index (χ2v) is 14.3. The number of benzene rings is 2. The van der Waals surface area contributed by atoms with Crippen molar-refractivity contribution in [2.24, 2.45) is 0 Å². The minimum Gasteiger partial charge on any atom is -0.480 e. The number of carboxylic acid groups (broad SMARTS) is 2. The number of amides is 2. The number of ether oxygens (including phenoxy) is 2. The summed E-state index contributed by atoms with van der Waals surface area (Å²) in [6.07, 6.45) is -11.8. The van der Waals surface area contributed by atoms with Crippen LogP contribution in [0.3, 0.4) is 0 Å². The Morgan fingerprint density at radius 2 is 1.38 bits per heavy atom. The van der Waals surface area contributed by atoms with Crippen LogP contribution in [0.5, 0.6) is 0 Å². The van der Waals surface area contributed by atoms with Crippen molar-refractivity contribution in [1.29, 1.82) is 0 Å². The smallest absolute Gasteiger partial charge is 0.480 e. The van der Waals surface area contributed by atoms with Crippen LogP contribution in [0.2, 0.25) is 0 Å². The molecule has 1 atom stereocenters. The van der Waals surface area contributed by atoms with Crippen LogP contribution in [0.15, 0.2) is 42.5 Å². The molecule has 52 heavy (non-hydrogen) atoms. The number of rotatable bonds is 9. The fourth-order valence-electron chi connectivity index (χ4n) is 3.97. The molecule has 1 aromatic heterocycles. The van der Waals surface area contributed by atoms with Crippen molar-refractivity contribution in [3.63, 3.8) is 0 Å². The Morgan fingerprint density at radius 3 is 1.85 bits per heavy atom. The van der Waals surface area contributed by atoms with Gasteiger partial charge in [0.05, 0.1) is 28.3 Å². The number of aromatic amines is 1. The summed E-state index contributed by atoms with van der Waals surface area (Å²) in [6, 6.07) is 7.49. The summed E-state index contributed by atoms with van der Waals surface area (Å²) in [5.41, 5.74) is -2.10. The molecule has 22 heteroatoms. The number of alkyl halides is 6. The molecular formula is C30H35F6N5O10S. The lowest BCUT2D eigenvalue weighted by atomic mass is 10.0. The molecule has 3 rings (SSSR count). The SMILES string of the molecule is CC(C)(C)OC(=O)N[C@@H](Cc1ccc(N(CC(=O)O)S(=O)(=O)NC(=O)OC(C)(C)C)cc1)c1nc2ccc(C(F)(F)F)cc2[nH]1.O=C(O)C(F)(F)F. The van der Waals surface area contributed by atoms with Gasteiger partial charge in [-0.25, -0.2) is 28.4 Å². The molecule has 0 bridgehead atoms. The molecule has 2 aromatic carbocycles. The minimum absolute atomic E-state index is 0.00725. The van der Waals surface area contributed by atoms with Gasteiger partial charge >= 0.3 is 46.7 Å². The maximum atomic E-state index is 13.3. The van der Waals surface area contributed by atoms with Gasteiger partial charge in [0, 0.05) is 6.42 Å². The normalized spacial score (nSPS) is 12.9. The molecule has 0 unspecified atom stereocenters. The molecule has 0 fully saturated rings. The van der Waals surface area contributed by atoms with Crippen LogP contribution < -0.4 is 14.3 Å². The van der Waals surface area contributed by atoms with Gasteiger partial charge in [-0.05, 0) is 77.4 Å². The monoisotopic (exact) mass is 771 g/mol. The van der Waals surface area contributed by atoms with Gasteiger partial charge in [-0.2, -0.15) is 34.8 Å². The number of hydrogen-bond acceptors (Lipinski definition) is 9. The van der Waals surface area contributed by atoms with Crippen molar-refractivity contribution in [3.05, 3.63) is 59.4 Å². The summed E-state index contributed by atoms with van der Waals surface area (Å²) in [7, 11) is -4.72. The number of alkyl carbamates (subject to hydrolysis) is 1. The Kier molecular flexibility index (Phi) is 13.2. The van der Waals surface area contributed by atoms with Crippen molar-refractivity contribution in [2.45, 2.75) is 77.6 Å². The zero-order chi connectivity index (χ0) is 40.0. The number of imidazole rings is 1. The summed E-state index contributed by atoms with van der Waals surface area (Å²) in [6.45, 7) is 8.46. The van der Waals surface area contributed by atoms with Crippen LogP contribution >= 0.6 is 0 Å². The zero-order valence-corrected chi connectivity index (χ0v) is 29.1. The number of aliphatic carboxylic acids is 2. The highest BCUT2D eigenvalue weighted by atomic mass is 32.2. The van der Waals surface area contributed by atoms with Crippen molar-refractivity contribution >= 4 is 51.1 Å². The van der Waals surface area contributed by atoms with Crippen LogP contribution in [-0.2, 0) is 41.9 Å². The molecule has 288 valence electrons. The van der Waals surface area contributed by atoms with E-state index in [0.717, 1.165) is 12.1 Å². The summed E-state index contributed by atoms with van der Waals surface area (Å²) in [5, 5.41) is 19.1. The third-order valence-corrected chi connectivity index (χ3v) is 7.28. The Bertz CT molecular complexity index is 1870. The number of nitrogens with one attached hydrogen (secondary N) is 3. The first-order valence-electron chi connectivity index (χ1n) is 14.7. The lowest BCUT2D eigenvalue weighted by Gasteiger charge is -2.25. The Labute approximate surface area is 292 Å². The van der Waals surface area contributed by atoms with Gasteiger partial charge in [0.1, 0.15) is 23.6 Å². The number of nitrogens with zero attached hydrogens (tertiary/aromatic N) is 2. The fraction of sp³-hybridized carbons (Fsp3) is 0.433. The summed E-state index contributed by atoms with van der Waals surface area (Å²) >= 11 is 0. The zero-order valence-electron chi connectivity index (χ0n) is 28.3. The number of halogens is 6. The Hall–Kier alpha value is -5.28. The first kappa shape index (κ1) is 42.9. The maximum absolute atomic E-state index is 13.3. The van der Waals surface area contributed by atoms with Crippen molar-refractivity contribution in [1.82, 2.24) is 20.0 Å². The van der Waals surface area contributed by atoms with Crippen LogP contribution in [0.1, 0.15) is 64.5 Å². The number of anilines is 1. The molecule has 5 N–H and O–H groups in total. The van der Waals surface area contributed by atoms with E-state index in [1.807, 2.05) is 0 Å². The molecule has 15 nitrogen and oxygen atoms in total. The highest BCUT2D eigenvalue weighted by Gasteiger charge is 2.38. The largest absolute Gasteiger partial charge is 0.490 e. The number of carboxylic acids is 2. The van der Waals surface area contributed by atoms with E-state index >= 15 is 0 Å². The van der Waals surface area contributed by atoms with E-state index in [1.165, 1.54) is 51.1 Å². The predicted molar refractivity (Wildman–Crippen MR) is 170 cm³/mol. The molecule has 0 saturated heterocycles. The van der Waals surface area contributed by atoms with E-state index in [4.69, 9.17) is 19.4 Å². The molecule has 0 aliphatic rings. The molecule has 0 spiro atoms. The van der Waals surface area contributed by atoms with Crippen molar-refractivity contribution < 1.29 is 73.6 Å². The lowest BCUT2D eigenvalue weighted by molar-refractivity contribution is -0.192. The van der Waals surface area contributed by atoms with E-state index in [1.54, 1.807) is 25.5 Å². The van der Waals surface area contributed by atoms with Gasteiger partial charge in [-0.15, -0.1) is 0 Å². The number of aromatic nitrogens is 2. The second kappa shape index (κ2) is 15.9. The van der Waals surface area contributed by atoms with Gasteiger partial charge in [0.2, 0.25) is 0 Å². The van der Waals surface area contributed by atoms with Crippen LogP contribution in [0.4, 0.5) is 41.6 Å². The molecule has 0 radical (unpaired) electrons. The topological polar surface area (TPSA) is 217 Å². The highest BCUT2D eigenvalue weighted by Crippen LogP contribution is 2.32. The molecular weight excluding hydrogens is 736 g/mol. The summed E-state index contributed by atoms with van der Waals surface area (Å²) in [4.78, 5) is 52.3. The quantitative estimate of drug-likeness (QED) is 0.167. The number of hydrogen-bond donors (Lipinski definition) is 5. The number of carbonyl (C=O) groups is 4. The van der Waals surface area contributed by atoms with E-state index in [9.17, 15) is 54.3 Å². The van der Waals surface area contributed by atoms with Crippen molar-refractivity contribution in [3.8, 4) is 0 Å². The van der Waals surface area contributed by atoms with Gasteiger partial charge in [0.15, 0.2) is 0 Å². The number of H-pyrrole nitrogens is 1. The summed E-state index contributed by atoms with van der Waals surface area (Å²) < 4.78 is 110. The average Bonchev–Trinajstić information content (AvgIpc) is 3.37. The molecule has 0 aliphatic carbocycles. The standard InChI is InChI=1S/C28H34F3N5O8S.C2HF3O2/c1-26(2,3)43-24(39)34-21(23-32-19-12-9-17(28(29,30)31)14-20(19)33-23)13-16-7-10-18(11-8-16)36(15-22(37)38)45(41,42)35-25(40)44-27(4,5)6;3-2(4,5)1(6)7/h7-12,14,21H,13,15H2,1-6H3,(H,32,33)(H,34,39)(H,35,40)(H,37,38);(H,6,7)/t21-;/m0./s1. The lowest BCUT2D eigenvalue weighted by Crippen LogP contribution is -2.47. The minimum atomic E-state index is -5.08. The highest BCUT2D eigenvalue weighted by molar-refractivity contribution is 7.91. The Morgan fingerprint density at radius 1 is 0.865 bits per heavy atom. The van der Waals surface area contributed by atoms with Crippen molar-refractivity contribution in [2.75, 3.05) is 10.8 Å². The predicted octanol–water partition coefficient (Wildman–Crippen LogP) is 5.68. The molecule has 1 heterocycles. The average molecular weight is 772 g/mol. The van der Waals surface area contributed by atoms with E-state index in [-0.39, 0.29) is 29.0 Å². The van der Waals surface area contributed by atoms with Crippen LogP contribution in [-0.4, -0.2) is 76.6 Å². The van der Waals surface area contributed by atoms with Gasteiger partial charge in [-0.1, -0.05) is 12.1 Å². The van der Waals surface area contributed by atoms with Gasteiger partial charge in [-0.3, -0.25) is 4.79 Å². The third-order valence-electron chi connectivity index (χ3n) is 5.94. The molecule has 2 amide bonds. The van der Waals surface area contributed by atoms with Crippen LogP contribution in [0, 0.1) is 0 Å². The second-order valence-electron chi connectivity index (χ2n) is 12.7. The Balaban J connectivity index is 0.00000121. The third kappa shape index (κ3) is 13.8. The van der Waals surface area contributed by atoms with E-state index in [0.29, 0.717) is 9.87 Å². The molecule has 0 aliphatic heterocycles.